The first-order valence-corrected chi connectivity index (χ1v) is 8.04. The van der Waals surface area contributed by atoms with Crippen molar-refractivity contribution in [2.45, 2.75) is 71.1 Å². The Balaban J connectivity index is -0.000000427. The van der Waals surface area contributed by atoms with Crippen molar-refractivity contribution in [1.29, 1.82) is 0 Å². The minimum absolute atomic E-state index is 0. The van der Waals surface area contributed by atoms with E-state index < -0.39 is 10.4 Å². The van der Waals surface area contributed by atoms with Gasteiger partial charge < -0.3 is 1.43 Å². The van der Waals surface area contributed by atoms with Crippen molar-refractivity contribution in [1.82, 2.24) is 0 Å². The predicted molar refractivity (Wildman–Crippen MR) is 80.8 cm³/mol. The summed E-state index contributed by atoms with van der Waals surface area (Å²) in [5.74, 6) is 0. The summed E-state index contributed by atoms with van der Waals surface area (Å²) in [6.45, 7) is 2.31. The van der Waals surface area contributed by atoms with E-state index in [-0.39, 0.29) is 51.1 Å². The van der Waals surface area contributed by atoms with Crippen molar-refractivity contribution < 1.29 is 48.1 Å². The van der Waals surface area contributed by atoms with E-state index in [2.05, 4.69) is 11.1 Å². The van der Waals surface area contributed by atoms with Crippen LogP contribution in [0.4, 0.5) is 0 Å². The molecule has 0 aliphatic carbocycles. The molecule has 0 aromatic rings. The summed E-state index contributed by atoms with van der Waals surface area (Å²) in [5, 5.41) is 0. The number of hydrogen-bond donors (Lipinski definition) is 1. The van der Waals surface area contributed by atoms with Gasteiger partial charge in [0.15, 0.2) is 0 Å². The summed E-state index contributed by atoms with van der Waals surface area (Å²) in [7, 11) is -4.23. The van der Waals surface area contributed by atoms with Gasteiger partial charge in [-0.15, -0.1) is 0 Å². The van der Waals surface area contributed by atoms with Crippen LogP contribution in [0.15, 0.2) is 0 Å². The number of hydrogen-bond acceptors (Lipinski definition) is 3. The molecule has 19 heavy (non-hydrogen) atoms. The van der Waals surface area contributed by atoms with Gasteiger partial charge in [0.1, 0.15) is 0 Å². The van der Waals surface area contributed by atoms with Crippen molar-refractivity contribution in [3.8, 4) is 0 Å². The van der Waals surface area contributed by atoms with Crippen LogP contribution in [0.5, 0.6) is 0 Å². The molecule has 0 fully saturated rings. The average Bonchev–Trinajstić information content (AvgIpc) is 2.24. The third-order valence-corrected chi connectivity index (χ3v) is 3.19. The molecule has 0 aliphatic rings. The molecule has 7 heteroatoms. The first-order valence-electron chi connectivity index (χ1n) is 6.68. The fourth-order valence-corrected chi connectivity index (χ4v) is 2.08. The van der Waals surface area contributed by atoms with Crippen LogP contribution in [0, 0.1) is 0 Å². The molecule has 0 aromatic carbocycles. The largest absolute Gasteiger partial charge is 1.00 e. The second-order valence-corrected chi connectivity index (χ2v) is 5.52. The van der Waals surface area contributed by atoms with E-state index >= 15 is 0 Å². The fourth-order valence-electron chi connectivity index (χ4n) is 1.75. The fraction of sp³-hybridized carbons (Fsp3) is 1.00. The summed E-state index contributed by atoms with van der Waals surface area (Å²) in [6, 6.07) is 0. The van der Waals surface area contributed by atoms with Crippen LogP contribution in [0.1, 0.15) is 72.6 Å². The Bertz CT molecular complexity index is 264. The van der Waals surface area contributed by atoms with Gasteiger partial charge in [0.05, 0.1) is 6.61 Å². The second kappa shape index (κ2) is 17.3. The molecule has 0 unspecified atom stereocenters. The Morgan fingerprint density at radius 2 is 1.26 bits per heavy atom. The van der Waals surface area contributed by atoms with Crippen LogP contribution in [0.25, 0.3) is 0 Å². The van der Waals surface area contributed by atoms with Crippen LogP contribution >= 0.6 is 13.5 Å². The monoisotopic (exact) mass is 324 g/mol. The first-order chi connectivity index (χ1) is 8.06. The molecule has 0 atom stereocenters. The number of rotatable bonds is 12. The maximum Gasteiger partial charge on any atom is 1.00 e. The van der Waals surface area contributed by atoms with E-state index in [0.717, 1.165) is 12.8 Å². The van der Waals surface area contributed by atoms with Gasteiger partial charge in [-0.2, -0.15) is 21.9 Å². The smallest absolute Gasteiger partial charge is 1.00 e. The van der Waals surface area contributed by atoms with Crippen molar-refractivity contribution >= 4 is 23.9 Å². The molecule has 0 radical (unpaired) electrons. The molecule has 0 amide bonds. The molecule has 1 N–H and O–H groups in total. The summed E-state index contributed by atoms with van der Waals surface area (Å²) in [5.41, 5.74) is 0. The molecular formula is C12H29NaO4S2. The van der Waals surface area contributed by atoms with Crippen LogP contribution < -0.4 is 29.6 Å². The van der Waals surface area contributed by atoms with Crippen molar-refractivity contribution in [2.24, 2.45) is 0 Å². The summed E-state index contributed by atoms with van der Waals surface area (Å²) < 4.78 is 33.0. The SMILES string of the molecule is CCCCCCCCCCCCOS(=O)(=O)O.S.[H-].[Na+]. The topological polar surface area (TPSA) is 63.6 Å². The zero-order chi connectivity index (χ0) is 13.0. The Hall–Kier alpha value is 1.22. The minimum atomic E-state index is -4.23. The van der Waals surface area contributed by atoms with E-state index in [0.29, 0.717) is 6.42 Å². The van der Waals surface area contributed by atoms with Gasteiger partial charge in [0.2, 0.25) is 0 Å². The number of unbranched alkanes of at least 4 members (excludes halogenated alkanes) is 9. The Kier molecular flexibility index (Phi) is 22.9. The molecule has 0 saturated heterocycles. The molecule has 0 heterocycles. The molecule has 114 valence electrons. The molecule has 0 rings (SSSR count). The van der Waals surface area contributed by atoms with Crippen LogP contribution in [-0.4, -0.2) is 19.6 Å². The Morgan fingerprint density at radius 3 is 1.63 bits per heavy atom. The predicted octanol–water partition coefficient (Wildman–Crippen LogP) is 0.956. The van der Waals surface area contributed by atoms with Gasteiger partial charge in [-0.05, 0) is 6.42 Å². The third kappa shape index (κ3) is 24.6. The van der Waals surface area contributed by atoms with Crippen LogP contribution in [0.2, 0.25) is 0 Å². The zero-order valence-electron chi connectivity index (χ0n) is 13.4. The van der Waals surface area contributed by atoms with Crippen molar-refractivity contribution in [3.05, 3.63) is 0 Å². The third-order valence-electron chi connectivity index (χ3n) is 2.73. The second-order valence-electron chi connectivity index (χ2n) is 4.43. The van der Waals surface area contributed by atoms with Crippen molar-refractivity contribution in [2.75, 3.05) is 6.61 Å². The maximum absolute atomic E-state index is 10.2. The van der Waals surface area contributed by atoms with Crippen LogP contribution in [0.3, 0.4) is 0 Å². The van der Waals surface area contributed by atoms with E-state index in [4.69, 9.17) is 4.55 Å². The van der Waals surface area contributed by atoms with Crippen LogP contribution in [-0.2, 0) is 14.6 Å². The first kappa shape index (κ1) is 25.2. The van der Waals surface area contributed by atoms with Gasteiger partial charge in [0, 0.05) is 0 Å². The van der Waals surface area contributed by atoms with Gasteiger partial charge in [-0.3, -0.25) is 4.55 Å². The molecule has 0 bridgehead atoms. The Morgan fingerprint density at radius 1 is 0.895 bits per heavy atom. The van der Waals surface area contributed by atoms with Gasteiger partial charge in [-0.1, -0.05) is 64.7 Å². The molecule has 4 nitrogen and oxygen atoms in total. The molecule has 0 spiro atoms. The van der Waals surface area contributed by atoms with E-state index in [1.54, 1.807) is 0 Å². The minimum Gasteiger partial charge on any atom is -1.00 e. The van der Waals surface area contributed by atoms with E-state index in [1.165, 1.54) is 44.9 Å². The van der Waals surface area contributed by atoms with Gasteiger partial charge in [0.25, 0.3) is 0 Å². The average molecular weight is 324 g/mol. The molecular weight excluding hydrogens is 295 g/mol. The molecule has 0 aliphatic heterocycles. The molecule has 0 aromatic heterocycles. The van der Waals surface area contributed by atoms with Gasteiger partial charge in [-0.25, -0.2) is 4.18 Å². The summed E-state index contributed by atoms with van der Waals surface area (Å²) in [6.07, 6.45) is 11.9. The molecule has 0 saturated carbocycles. The normalized spacial score (nSPS) is 10.6. The van der Waals surface area contributed by atoms with E-state index in [9.17, 15) is 8.42 Å². The van der Waals surface area contributed by atoms with Crippen molar-refractivity contribution in [3.63, 3.8) is 0 Å². The summed E-state index contributed by atoms with van der Waals surface area (Å²) in [4.78, 5) is 0. The zero-order valence-corrected chi connectivity index (χ0v) is 16.2. The van der Waals surface area contributed by atoms with E-state index in [1.807, 2.05) is 0 Å². The van der Waals surface area contributed by atoms with Gasteiger partial charge >= 0.3 is 40.0 Å². The Labute approximate surface area is 149 Å². The maximum atomic E-state index is 10.2. The standard InChI is InChI=1S/C12H26O4S.Na.H2S.H/c1-2-3-4-5-6-7-8-9-10-11-12-16-17(13,14)15;;;/h2-12H2,1H3,(H,13,14,15);;1H2;/q;+1;;-1. The quantitative estimate of drug-likeness (QED) is 0.330. The summed E-state index contributed by atoms with van der Waals surface area (Å²) >= 11 is 0.